The van der Waals surface area contributed by atoms with Crippen molar-refractivity contribution < 1.29 is 0 Å². The molecule has 0 aliphatic heterocycles. The van der Waals surface area contributed by atoms with Gasteiger partial charge in [-0.2, -0.15) is 5.10 Å². The van der Waals surface area contributed by atoms with E-state index in [1.165, 1.54) is 25.7 Å². The Morgan fingerprint density at radius 2 is 1.84 bits per heavy atom. The molecule has 0 radical (unpaired) electrons. The average molecular weight is 502 g/mol. The Hall–Kier alpha value is -4.50. The van der Waals surface area contributed by atoms with Crippen LogP contribution in [-0.4, -0.2) is 46.6 Å². The van der Waals surface area contributed by atoms with Crippen molar-refractivity contribution in [2.45, 2.75) is 32.2 Å². The summed E-state index contributed by atoms with van der Waals surface area (Å²) in [6, 6.07) is 13.9. The van der Waals surface area contributed by atoms with Gasteiger partial charge >= 0.3 is 0 Å². The van der Waals surface area contributed by atoms with Gasteiger partial charge in [0.2, 0.25) is 0 Å². The average Bonchev–Trinajstić information content (AvgIpc) is 3.73. The molecule has 1 aliphatic rings. The van der Waals surface area contributed by atoms with Gasteiger partial charge in [0.15, 0.2) is 17.2 Å². The highest BCUT2D eigenvalue weighted by molar-refractivity contribution is 5.94. The summed E-state index contributed by atoms with van der Waals surface area (Å²) >= 11 is 0. The molecule has 0 bridgehead atoms. The number of hydrogen-bond acceptors (Lipinski definition) is 7. The second-order valence-electron chi connectivity index (χ2n) is 9.88. The smallest absolute Gasteiger partial charge is 0.162 e. The molecule has 1 fully saturated rings. The van der Waals surface area contributed by atoms with Gasteiger partial charge < -0.3 is 10.3 Å². The molecule has 7 rings (SSSR count). The highest BCUT2D eigenvalue weighted by atomic mass is 15.2. The molecule has 6 heterocycles. The van der Waals surface area contributed by atoms with Crippen LogP contribution < -0.4 is 5.32 Å². The lowest BCUT2D eigenvalue weighted by atomic mass is 10.1. The third kappa shape index (κ3) is 4.31. The fourth-order valence-electron chi connectivity index (χ4n) is 5.34. The fourth-order valence-corrected chi connectivity index (χ4v) is 5.34. The van der Waals surface area contributed by atoms with Crippen LogP contribution in [0.3, 0.4) is 0 Å². The highest BCUT2D eigenvalue weighted by Gasteiger charge is 2.18. The Morgan fingerprint density at radius 3 is 2.74 bits per heavy atom. The van der Waals surface area contributed by atoms with Crippen LogP contribution in [0.4, 0.5) is 0 Å². The van der Waals surface area contributed by atoms with Crippen molar-refractivity contribution >= 4 is 22.2 Å². The predicted octanol–water partition coefficient (Wildman–Crippen LogP) is 5.30. The van der Waals surface area contributed by atoms with E-state index in [9.17, 15) is 0 Å². The molecule has 188 valence electrons. The molecule has 0 aromatic carbocycles. The summed E-state index contributed by atoms with van der Waals surface area (Å²) in [5.74, 6) is 1.41. The monoisotopic (exact) mass is 501 g/mol. The highest BCUT2D eigenvalue weighted by Crippen LogP contribution is 2.30. The zero-order valence-corrected chi connectivity index (χ0v) is 20.9. The van der Waals surface area contributed by atoms with E-state index >= 15 is 0 Å². The van der Waals surface area contributed by atoms with Gasteiger partial charge in [-0.25, -0.2) is 15.0 Å². The van der Waals surface area contributed by atoms with Gasteiger partial charge in [0.1, 0.15) is 11.0 Å². The molecule has 0 spiro atoms. The molecule has 0 amide bonds. The number of fused-ring (bicyclic) bond motifs is 2. The van der Waals surface area contributed by atoms with E-state index < -0.39 is 0 Å². The topological polar surface area (TPSA) is 121 Å². The predicted molar refractivity (Wildman–Crippen MR) is 147 cm³/mol. The molecule has 0 atom stereocenters. The molecule has 0 unspecified atom stereocenters. The maximum absolute atomic E-state index is 4.97. The maximum atomic E-state index is 4.97. The van der Waals surface area contributed by atoms with Crippen LogP contribution in [-0.2, 0) is 6.54 Å². The van der Waals surface area contributed by atoms with E-state index in [0.717, 1.165) is 63.6 Å². The lowest BCUT2D eigenvalue weighted by Gasteiger charge is -2.11. The summed E-state index contributed by atoms with van der Waals surface area (Å²) in [5.41, 5.74) is 8.38. The fraction of sp³-hybridized carbons (Fsp3) is 0.241. The van der Waals surface area contributed by atoms with E-state index in [1.807, 2.05) is 48.8 Å². The van der Waals surface area contributed by atoms with Crippen LogP contribution >= 0.6 is 0 Å². The van der Waals surface area contributed by atoms with Crippen LogP contribution in [0.2, 0.25) is 0 Å². The number of rotatable bonds is 7. The number of pyridine rings is 4. The third-order valence-electron chi connectivity index (χ3n) is 7.29. The van der Waals surface area contributed by atoms with Crippen LogP contribution in [0.5, 0.6) is 0 Å². The van der Waals surface area contributed by atoms with E-state index in [-0.39, 0.29) is 0 Å². The Labute approximate surface area is 219 Å². The first-order valence-electron chi connectivity index (χ1n) is 13.1. The third-order valence-corrected chi connectivity index (χ3v) is 7.29. The van der Waals surface area contributed by atoms with Gasteiger partial charge in [-0.1, -0.05) is 18.9 Å². The molecule has 6 aromatic rings. The molecule has 3 N–H and O–H groups in total. The second kappa shape index (κ2) is 9.75. The lowest BCUT2D eigenvalue weighted by molar-refractivity contribution is 0.489. The molecule has 9 nitrogen and oxygen atoms in total. The van der Waals surface area contributed by atoms with Crippen LogP contribution in [0.25, 0.3) is 56.2 Å². The number of imidazole rings is 1. The molecular formula is C29H27N9. The van der Waals surface area contributed by atoms with E-state index in [4.69, 9.17) is 9.97 Å². The summed E-state index contributed by atoms with van der Waals surface area (Å²) in [5, 5.41) is 11.2. The van der Waals surface area contributed by atoms with Gasteiger partial charge in [0.05, 0.1) is 16.9 Å². The van der Waals surface area contributed by atoms with Crippen molar-refractivity contribution in [3.8, 4) is 34.0 Å². The summed E-state index contributed by atoms with van der Waals surface area (Å²) in [7, 11) is 0. The zero-order chi connectivity index (χ0) is 25.3. The standard InChI is InChI=1S/C29H27N9/c1-2-6-18(5-1)14-30-15-19-13-20(17-31-16-19)22-8-9-24-26(34-22)27(38-37-24)29-35-25-21(10-12-33-28(25)36-29)23-7-3-4-11-32-23/h3-4,7-13,16-18,30H,1-2,5-6,14-15H2,(H,37,38)(H,33,35,36). The molecule has 9 heteroatoms. The number of nitrogens with zero attached hydrogens (tertiary/aromatic N) is 6. The van der Waals surface area contributed by atoms with Crippen LogP contribution in [0.15, 0.2) is 67.3 Å². The first-order valence-corrected chi connectivity index (χ1v) is 13.1. The van der Waals surface area contributed by atoms with E-state index in [2.05, 4.69) is 41.5 Å². The van der Waals surface area contributed by atoms with E-state index in [0.29, 0.717) is 17.2 Å². The van der Waals surface area contributed by atoms with Crippen molar-refractivity contribution in [3.63, 3.8) is 0 Å². The van der Waals surface area contributed by atoms with Gasteiger partial charge in [-0.3, -0.25) is 15.1 Å². The Bertz CT molecular complexity index is 1710. The minimum atomic E-state index is 0.606. The van der Waals surface area contributed by atoms with Crippen LogP contribution in [0, 0.1) is 5.92 Å². The first kappa shape index (κ1) is 22.7. The molecule has 1 aliphatic carbocycles. The quantitative estimate of drug-likeness (QED) is 0.271. The summed E-state index contributed by atoms with van der Waals surface area (Å²) < 4.78 is 0. The van der Waals surface area contributed by atoms with Crippen molar-refractivity contribution in [1.29, 1.82) is 0 Å². The Morgan fingerprint density at radius 1 is 0.895 bits per heavy atom. The molecule has 6 aromatic heterocycles. The molecule has 38 heavy (non-hydrogen) atoms. The van der Waals surface area contributed by atoms with Crippen molar-refractivity contribution in [3.05, 3.63) is 72.8 Å². The number of aromatic nitrogens is 8. The van der Waals surface area contributed by atoms with Gasteiger partial charge in [-0.05, 0) is 67.3 Å². The SMILES string of the molecule is c1ccc(-c2ccnc3[nH]c(-c4n[nH]c5ccc(-c6cncc(CNCC7CCCC7)c6)nc45)nc23)nc1. The Balaban J connectivity index is 1.20. The molecule has 1 saturated carbocycles. The van der Waals surface area contributed by atoms with Gasteiger partial charge in [0.25, 0.3) is 0 Å². The summed E-state index contributed by atoms with van der Waals surface area (Å²) in [4.78, 5) is 26.6. The van der Waals surface area contributed by atoms with Crippen molar-refractivity contribution in [1.82, 2.24) is 45.4 Å². The normalized spacial score (nSPS) is 14.1. The molecular weight excluding hydrogens is 474 g/mol. The number of H-pyrrole nitrogens is 2. The Kier molecular flexibility index (Phi) is 5.82. The minimum Gasteiger partial charge on any atom is -0.321 e. The van der Waals surface area contributed by atoms with Crippen molar-refractivity contribution in [2.24, 2.45) is 5.92 Å². The summed E-state index contributed by atoms with van der Waals surface area (Å²) in [6.07, 6.45) is 12.7. The largest absolute Gasteiger partial charge is 0.321 e. The van der Waals surface area contributed by atoms with Gasteiger partial charge in [-0.15, -0.1) is 0 Å². The van der Waals surface area contributed by atoms with Gasteiger partial charge in [0, 0.05) is 42.5 Å². The molecule has 0 saturated heterocycles. The first-order chi connectivity index (χ1) is 18.8. The number of hydrogen-bond donors (Lipinski definition) is 3. The van der Waals surface area contributed by atoms with Crippen molar-refractivity contribution in [2.75, 3.05) is 6.54 Å². The minimum absolute atomic E-state index is 0.606. The number of aromatic amines is 2. The number of nitrogens with one attached hydrogen (secondary N) is 3. The van der Waals surface area contributed by atoms with Crippen LogP contribution in [0.1, 0.15) is 31.2 Å². The summed E-state index contributed by atoms with van der Waals surface area (Å²) in [6.45, 7) is 1.88. The van der Waals surface area contributed by atoms with E-state index in [1.54, 1.807) is 12.4 Å². The lowest BCUT2D eigenvalue weighted by Crippen LogP contribution is -2.20. The zero-order valence-electron chi connectivity index (χ0n) is 20.9. The second-order valence-corrected chi connectivity index (χ2v) is 9.88. The maximum Gasteiger partial charge on any atom is 0.162 e.